The van der Waals surface area contributed by atoms with Gasteiger partial charge in [-0.2, -0.15) is 0 Å². The van der Waals surface area contributed by atoms with Crippen molar-refractivity contribution in [3.05, 3.63) is 45.8 Å². The van der Waals surface area contributed by atoms with E-state index in [9.17, 15) is 4.79 Å². The number of hydrogen-bond acceptors (Lipinski definition) is 5. The van der Waals surface area contributed by atoms with Gasteiger partial charge in [-0.3, -0.25) is 9.69 Å². The summed E-state index contributed by atoms with van der Waals surface area (Å²) in [7, 11) is 3.99. The predicted octanol–water partition coefficient (Wildman–Crippen LogP) is 6.55. The molecule has 1 saturated heterocycles. The van der Waals surface area contributed by atoms with Crippen LogP contribution in [0.15, 0.2) is 35.4 Å². The maximum Gasteiger partial charge on any atom is 0.259 e. The number of pyridine rings is 2. The molecule has 0 aromatic carbocycles. The van der Waals surface area contributed by atoms with Crippen LogP contribution in [0.25, 0.3) is 21.2 Å². The Bertz CT molecular complexity index is 1180. The molecule has 3 aromatic heterocycles. The zero-order valence-corrected chi connectivity index (χ0v) is 23.0. The van der Waals surface area contributed by atoms with Crippen molar-refractivity contribution in [2.75, 3.05) is 31.6 Å². The van der Waals surface area contributed by atoms with Gasteiger partial charge in [0, 0.05) is 54.7 Å². The van der Waals surface area contributed by atoms with Crippen molar-refractivity contribution in [1.29, 1.82) is 0 Å². The highest BCUT2D eigenvalue weighted by Crippen LogP contribution is 2.35. The number of aromatic nitrogens is 2. The molecule has 0 spiro atoms. The molecule has 4 rings (SSSR count). The molecule has 1 fully saturated rings. The minimum absolute atomic E-state index is 0.0906. The molecule has 1 atom stereocenters. The number of anilines is 1. The van der Waals surface area contributed by atoms with E-state index in [0.29, 0.717) is 5.92 Å². The fourth-order valence-corrected chi connectivity index (χ4v) is 6.40. The topological polar surface area (TPSA) is 41.4 Å². The van der Waals surface area contributed by atoms with Crippen LogP contribution < -0.4 is 10.5 Å². The fourth-order valence-electron chi connectivity index (χ4n) is 5.17. The van der Waals surface area contributed by atoms with E-state index in [-0.39, 0.29) is 5.56 Å². The summed E-state index contributed by atoms with van der Waals surface area (Å²) >= 11 is 1.79. The SMILES string of the molecule is CCCC1CCN(Cc2cc3c(=O)n(C)cc(-c4ccnc(N(C)CCC(C)CC)c4)c3s2)CC1. The number of nitrogens with zero attached hydrogens (tertiary/aromatic N) is 4. The molecule has 1 aliphatic rings. The third-order valence-corrected chi connectivity index (χ3v) is 8.94. The summed E-state index contributed by atoms with van der Waals surface area (Å²) in [6.07, 6.45) is 11.5. The van der Waals surface area contributed by atoms with Crippen LogP contribution in [0.3, 0.4) is 0 Å². The average molecular weight is 495 g/mol. The Morgan fingerprint density at radius 2 is 2.00 bits per heavy atom. The van der Waals surface area contributed by atoms with E-state index >= 15 is 0 Å². The molecule has 4 heterocycles. The highest BCUT2D eigenvalue weighted by molar-refractivity contribution is 7.19. The standard InChI is InChI=1S/C29H42N4OS/c1-6-8-22-11-15-33(16-12-22)19-24-18-25-28(35-24)26(20-32(5)29(25)34)23-9-13-30-27(17-23)31(4)14-10-21(3)7-2/h9,13,17-18,20-22H,6-8,10-12,14-16,19H2,1-5H3. The van der Waals surface area contributed by atoms with Crippen LogP contribution in [0, 0.1) is 11.8 Å². The lowest BCUT2D eigenvalue weighted by Crippen LogP contribution is -2.32. The molecular formula is C29H42N4OS. The second kappa shape index (κ2) is 11.7. The Hall–Kier alpha value is -2.18. The number of rotatable bonds is 10. The van der Waals surface area contributed by atoms with Crippen molar-refractivity contribution in [2.24, 2.45) is 18.9 Å². The van der Waals surface area contributed by atoms with Gasteiger partial charge >= 0.3 is 0 Å². The highest BCUT2D eigenvalue weighted by Gasteiger charge is 2.20. The monoisotopic (exact) mass is 494 g/mol. The maximum absolute atomic E-state index is 13.0. The van der Waals surface area contributed by atoms with Gasteiger partial charge < -0.3 is 9.47 Å². The number of likely N-dealkylation sites (tertiary alicyclic amines) is 1. The molecule has 0 aliphatic carbocycles. The van der Waals surface area contributed by atoms with Crippen LogP contribution in [-0.2, 0) is 13.6 Å². The number of aryl methyl sites for hydroxylation is 1. The highest BCUT2D eigenvalue weighted by atomic mass is 32.1. The lowest BCUT2D eigenvalue weighted by molar-refractivity contribution is 0.173. The van der Waals surface area contributed by atoms with Gasteiger partial charge in [0.05, 0.1) is 5.39 Å². The van der Waals surface area contributed by atoms with Crippen molar-refractivity contribution in [2.45, 2.75) is 65.8 Å². The van der Waals surface area contributed by atoms with Crippen LogP contribution in [0.2, 0.25) is 0 Å². The second-order valence-corrected chi connectivity index (χ2v) is 11.7. The Labute approximate surface area is 214 Å². The van der Waals surface area contributed by atoms with Crippen molar-refractivity contribution in [3.63, 3.8) is 0 Å². The largest absolute Gasteiger partial charge is 0.360 e. The Morgan fingerprint density at radius 1 is 1.23 bits per heavy atom. The molecule has 0 saturated carbocycles. The second-order valence-electron chi connectivity index (χ2n) is 10.5. The molecule has 35 heavy (non-hydrogen) atoms. The van der Waals surface area contributed by atoms with Gasteiger partial charge in [0.2, 0.25) is 0 Å². The fraction of sp³-hybridized carbons (Fsp3) is 0.586. The maximum atomic E-state index is 13.0. The van der Waals surface area contributed by atoms with Gasteiger partial charge in [-0.25, -0.2) is 4.98 Å². The zero-order valence-electron chi connectivity index (χ0n) is 22.2. The molecule has 0 bridgehead atoms. The van der Waals surface area contributed by atoms with Crippen molar-refractivity contribution in [1.82, 2.24) is 14.5 Å². The molecular weight excluding hydrogens is 452 g/mol. The van der Waals surface area contributed by atoms with Gasteiger partial charge in [-0.1, -0.05) is 40.0 Å². The molecule has 5 nitrogen and oxygen atoms in total. The van der Waals surface area contributed by atoms with Crippen LogP contribution in [0.5, 0.6) is 0 Å². The predicted molar refractivity (Wildman–Crippen MR) is 151 cm³/mol. The van der Waals surface area contributed by atoms with E-state index in [0.717, 1.165) is 52.5 Å². The Balaban J connectivity index is 1.59. The van der Waals surface area contributed by atoms with Gasteiger partial charge in [0.25, 0.3) is 5.56 Å². The third-order valence-electron chi connectivity index (χ3n) is 7.79. The number of piperidine rings is 1. The van der Waals surface area contributed by atoms with Crippen LogP contribution in [0.4, 0.5) is 5.82 Å². The zero-order chi connectivity index (χ0) is 24.9. The summed E-state index contributed by atoms with van der Waals surface area (Å²) < 4.78 is 2.83. The first kappa shape index (κ1) is 25.9. The van der Waals surface area contributed by atoms with Gasteiger partial charge in [-0.15, -0.1) is 11.3 Å². The smallest absolute Gasteiger partial charge is 0.259 e. The summed E-state index contributed by atoms with van der Waals surface area (Å²) in [5.41, 5.74) is 2.34. The van der Waals surface area contributed by atoms with Crippen molar-refractivity contribution < 1.29 is 0 Å². The van der Waals surface area contributed by atoms with E-state index in [1.807, 2.05) is 19.4 Å². The molecule has 3 aromatic rings. The van der Waals surface area contributed by atoms with Crippen LogP contribution in [0.1, 0.15) is 64.2 Å². The van der Waals surface area contributed by atoms with E-state index in [4.69, 9.17) is 0 Å². The number of fused-ring (bicyclic) bond motifs is 1. The summed E-state index contributed by atoms with van der Waals surface area (Å²) in [6.45, 7) is 11.1. The van der Waals surface area contributed by atoms with E-state index in [1.54, 1.807) is 15.9 Å². The van der Waals surface area contributed by atoms with Gasteiger partial charge in [-0.05, 0) is 68.0 Å². The molecule has 1 aliphatic heterocycles. The summed E-state index contributed by atoms with van der Waals surface area (Å²) in [4.78, 5) is 23.8. The summed E-state index contributed by atoms with van der Waals surface area (Å²) in [6, 6.07) is 6.39. The van der Waals surface area contributed by atoms with E-state index in [1.165, 1.54) is 50.1 Å². The molecule has 0 N–H and O–H groups in total. The molecule has 0 radical (unpaired) electrons. The van der Waals surface area contributed by atoms with Gasteiger partial charge in [0.1, 0.15) is 5.82 Å². The lowest BCUT2D eigenvalue weighted by Gasteiger charge is -2.31. The lowest BCUT2D eigenvalue weighted by atomic mass is 9.92. The minimum atomic E-state index is 0.0906. The molecule has 1 unspecified atom stereocenters. The van der Waals surface area contributed by atoms with Gasteiger partial charge in [0.15, 0.2) is 0 Å². The normalized spacial score (nSPS) is 16.1. The molecule has 190 valence electrons. The Kier molecular flexibility index (Phi) is 8.66. The first-order valence-electron chi connectivity index (χ1n) is 13.4. The van der Waals surface area contributed by atoms with E-state index in [2.05, 4.69) is 60.8 Å². The van der Waals surface area contributed by atoms with Crippen LogP contribution >= 0.6 is 11.3 Å². The third kappa shape index (κ3) is 6.15. The first-order valence-corrected chi connectivity index (χ1v) is 14.2. The summed E-state index contributed by atoms with van der Waals surface area (Å²) in [5.74, 6) is 2.59. The van der Waals surface area contributed by atoms with Crippen molar-refractivity contribution >= 4 is 27.2 Å². The average Bonchev–Trinajstić information content (AvgIpc) is 3.29. The number of thiophene rings is 1. The number of hydrogen-bond donors (Lipinski definition) is 0. The first-order chi connectivity index (χ1) is 16.9. The Morgan fingerprint density at radius 3 is 2.71 bits per heavy atom. The van der Waals surface area contributed by atoms with Crippen LogP contribution in [-0.4, -0.2) is 41.1 Å². The summed E-state index contributed by atoms with van der Waals surface area (Å²) in [5, 5.41) is 0.842. The van der Waals surface area contributed by atoms with E-state index < -0.39 is 0 Å². The minimum Gasteiger partial charge on any atom is -0.360 e. The quantitative estimate of drug-likeness (QED) is 0.321. The van der Waals surface area contributed by atoms with Crippen molar-refractivity contribution in [3.8, 4) is 11.1 Å². The molecule has 6 heteroatoms. The molecule has 0 amide bonds.